The predicted molar refractivity (Wildman–Crippen MR) is 89.0 cm³/mol. The molecule has 0 saturated carbocycles. The highest BCUT2D eigenvalue weighted by Crippen LogP contribution is 2.38. The van der Waals surface area contributed by atoms with Crippen LogP contribution in [-0.2, 0) is 0 Å². The lowest BCUT2D eigenvalue weighted by molar-refractivity contribution is 0.439. The average Bonchev–Trinajstić information content (AvgIpc) is 2.83. The highest BCUT2D eigenvalue weighted by molar-refractivity contribution is 9.10. The summed E-state index contributed by atoms with van der Waals surface area (Å²) < 4.78 is 6.24. The highest BCUT2D eigenvalue weighted by atomic mass is 79.9. The zero-order valence-corrected chi connectivity index (χ0v) is 13.4. The molecule has 0 aliphatic heterocycles. The van der Waals surface area contributed by atoms with E-state index in [1.807, 2.05) is 24.3 Å². The Hall–Kier alpha value is -2.07. The number of aryl methyl sites for hydroxylation is 2. The second kappa shape index (κ2) is 5.37. The van der Waals surface area contributed by atoms with Gasteiger partial charge in [0, 0.05) is 10.0 Å². The molecule has 3 aromatic rings. The van der Waals surface area contributed by atoms with Crippen molar-refractivity contribution >= 4 is 21.8 Å². The van der Waals surface area contributed by atoms with Gasteiger partial charge in [-0.1, -0.05) is 50.9 Å². The quantitative estimate of drug-likeness (QED) is 0.715. The molecule has 0 amide bonds. The SMILES string of the molecule is Cc1ccc(C)c(-c2noc(N)c2-c2cccc(Br)c2)c1. The van der Waals surface area contributed by atoms with E-state index in [2.05, 4.69) is 53.1 Å². The fraction of sp³-hybridized carbons (Fsp3) is 0.118. The van der Waals surface area contributed by atoms with E-state index >= 15 is 0 Å². The highest BCUT2D eigenvalue weighted by Gasteiger charge is 2.19. The van der Waals surface area contributed by atoms with Gasteiger partial charge in [0.05, 0.1) is 5.56 Å². The van der Waals surface area contributed by atoms with Gasteiger partial charge >= 0.3 is 0 Å². The van der Waals surface area contributed by atoms with Gasteiger partial charge in [-0.05, 0) is 43.2 Å². The van der Waals surface area contributed by atoms with E-state index in [0.29, 0.717) is 5.88 Å². The third-order valence-electron chi connectivity index (χ3n) is 3.48. The van der Waals surface area contributed by atoms with Crippen LogP contribution < -0.4 is 5.73 Å². The van der Waals surface area contributed by atoms with E-state index in [9.17, 15) is 0 Å². The number of nitrogens with zero attached hydrogens (tertiary/aromatic N) is 1. The van der Waals surface area contributed by atoms with Crippen molar-refractivity contribution in [3.63, 3.8) is 0 Å². The van der Waals surface area contributed by atoms with E-state index in [0.717, 1.165) is 32.4 Å². The molecule has 21 heavy (non-hydrogen) atoms. The zero-order valence-electron chi connectivity index (χ0n) is 11.9. The predicted octanol–water partition coefficient (Wildman–Crippen LogP) is 4.97. The zero-order chi connectivity index (χ0) is 15.0. The molecule has 1 heterocycles. The summed E-state index contributed by atoms with van der Waals surface area (Å²) in [4.78, 5) is 0. The minimum Gasteiger partial charge on any atom is -0.367 e. The summed E-state index contributed by atoms with van der Waals surface area (Å²) in [5.41, 5.74) is 12.0. The summed E-state index contributed by atoms with van der Waals surface area (Å²) in [5.74, 6) is 0.337. The summed E-state index contributed by atoms with van der Waals surface area (Å²) in [6, 6.07) is 14.2. The van der Waals surface area contributed by atoms with Gasteiger partial charge in [0.2, 0.25) is 5.88 Å². The topological polar surface area (TPSA) is 52.0 Å². The van der Waals surface area contributed by atoms with Gasteiger partial charge in [0.25, 0.3) is 0 Å². The van der Waals surface area contributed by atoms with Crippen LogP contribution in [0.2, 0.25) is 0 Å². The lowest BCUT2D eigenvalue weighted by Crippen LogP contribution is -1.90. The molecule has 4 heteroatoms. The van der Waals surface area contributed by atoms with Crippen LogP contribution in [0.25, 0.3) is 22.4 Å². The van der Waals surface area contributed by atoms with Crippen LogP contribution in [0.4, 0.5) is 5.88 Å². The Morgan fingerprint density at radius 2 is 1.90 bits per heavy atom. The Bertz CT molecular complexity index is 808. The van der Waals surface area contributed by atoms with Gasteiger partial charge < -0.3 is 10.3 Å². The molecule has 0 spiro atoms. The van der Waals surface area contributed by atoms with Gasteiger partial charge in [-0.15, -0.1) is 0 Å². The number of rotatable bonds is 2. The summed E-state index contributed by atoms with van der Waals surface area (Å²) in [6.07, 6.45) is 0. The largest absolute Gasteiger partial charge is 0.367 e. The van der Waals surface area contributed by atoms with Crippen molar-refractivity contribution < 1.29 is 4.52 Å². The van der Waals surface area contributed by atoms with Crippen LogP contribution in [-0.4, -0.2) is 5.16 Å². The van der Waals surface area contributed by atoms with Gasteiger partial charge in [0.15, 0.2) is 0 Å². The van der Waals surface area contributed by atoms with Crippen molar-refractivity contribution in [1.29, 1.82) is 0 Å². The van der Waals surface area contributed by atoms with Crippen LogP contribution in [0.15, 0.2) is 51.5 Å². The molecule has 0 radical (unpaired) electrons. The Morgan fingerprint density at radius 1 is 1.10 bits per heavy atom. The van der Waals surface area contributed by atoms with Crippen molar-refractivity contribution in [1.82, 2.24) is 5.16 Å². The Labute approximate surface area is 131 Å². The molecule has 3 nitrogen and oxygen atoms in total. The van der Waals surface area contributed by atoms with E-state index in [4.69, 9.17) is 10.3 Å². The number of halogens is 1. The summed E-state index contributed by atoms with van der Waals surface area (Å²) in [7, 11) is 0. The molecular formula is C17H15BrN2O. The molecule has 3 rings (SSSR count). The molecular weight excluding hydrogens is 328 g/mol. The molecule has 0 atom stereocenters. The third-order valence-corrected chi connectivity index (χ3v) is 3.97. The fourth-order valence-electron chi connectivity index (χ4n) is 2.40. The van der Waals surface area contributed by atoms with Crippen molar-refractivity contribution in [3.8, 4) is 22.4 Å². The first kappa shape index (κ1) is 13.9. The smallest absolute Gasteiger partial charge is 0.230 e. The van der Waals surface area contributed by atoms with Gasteiger partial charge in [-0.3, -0.25) is 0 Å². The second-order valence-electron chi connectivity index (χ2n) is 5.10. The number of hydrogen-bond donors (Lipinski definition) is 1. The number of nitrogens with two attached hydrogens (primary N) is 1. The van der Waals surface area contributed by atoms with Gasteiger partial charge in [-0.25, -0.2) is 0 Å². The van der Waals surface area contributed by atoms with Crippen molar-refractivity contribution in [2.24, 2.45) is 0 Å². The minimum absolute atomic E-state index is 0.337. The number of aromatic nitrogens is 1. The summed E-state index contributed by atoms with van der Waals surface area (Å²) in [6.45, 7) is 4.12. The van der Waals surface area contributed by atoms with Crippen LogP contribution in [0, 0.1) is 13.8 Å². The molecule has 2 aromatic carbocycles. The Morgan fingerprint density at radius 3 is 2.67 bits per heavy atom. The first-order chi connectivity index (χ1) is 10.1. The molecule has 1 aromatic heterocycles. The molecule has 0 unspecified atom stereocenters. The lowest BCUT2D eigenvalue weighted by atomic mass is 9.97. The summed E-state index contributed by atoms with van der Waals surface area (Å²) >= 11 is 3.49. The number of anilines is 1. The molecule has 106 valence electrons. The molecule has 0 aliphatic carbocycles. The maximum atomic E-state index is 6.00. The van der Waals surface area contributed by atoms with Crippen LogP contribution in [0.3, 0.4) is 0 Å². The molecule has 0 saturated heterocycles. The normalized spacial score (nSPS) is 10.8. The van der Waals surface area contributed by atoms with Crippen molar-refractivity contribution in [2.75, 3.05) is 5.73 Å². The number of benzene rings is 2. The molecule has 0 bridgehead atoms. The molecule has 2 N–H and O–H groups in total. The van der Waals surface area contributed by atoms with E-state index < -0.39 is 0 Å². The van der Waals surface area contributed by atoms with Crippen LogP contribution in [0.1, 0.15) is 11.1 Å². The summed E-state index contributed by atoms with van der Waals surface area (Å²) in [5, 5.41) is 4.18. The monoisotopic (exact) mass is 342 g/mol. The average molecular weight is 343 g/mol. The lowest BCUT2D eigenvalue weighted by Gasteiger charge is -2.07. The van der Waals surface area contributed by atoms with E-state index in [1.54, 1.807) is 0 Å². The first-order valence-electron chi connectivity index (χ1n) is 6.65. The minimum atomic E-state index is 0.337. The van der Waals surface area contributed by atoms with Gasteiger partial charge in [-0.2, -0.15) is 0 Å². The second-order valence-corrected chi connectivity index (χ2v) is 6.01. The molecule has 0 aliphatic rings. The van der Waals surface area contributed by atoms with Crippen LogP contribution in [0.5, 0.6) is 0 Å². The van der Waals surface area contributed by atoms with Crippen molar-refractivity contribution in [3.05, 3.63) is 58.1 Å². The van der Waals surface area contributed by atoms with E-state index in [-0.39, 0.29) is 0 Å². The maximum Gasteiger partial charge on any atom is 0.230 e. The standard InChI is InChI=1S/C17H15BrN2O/c1-10-6-7-11(2)14(8-10)16-15(17(19)21-20-16)12-4-3-5-13(18)9-12/h3-9H,19H2,1-2H3. The van der Waals surface area contributed by atoms with E-state index in [1.165, 1.54) is 5.56 Å². The Kier molecular flexibility index (Phi) is 3.55. The maximum absolute atomic E-state index is 6.00. The number of nitrogen functional groups attached to an aromatic ring is 1. The van der Waals surface area contributed by atoms with Crippen molar-refractivity contribution in [2.45, 2.75) is 13.8 Å². The molecule has 0 fully saturated rings. The number of hydrogen-bond acceptors (Lipinski definition) is 3. The Balaban J connectivity index is 2.24. The fourth-order valence-corrected chi connectivity index (χ4v) is 2.80. The van der Waals surface area contributed by atoms with Crippen LogP contribution >= 0.6 is 15.9 Å². The van der Waals surface area contributed by atoms with Gasteiger partial charge in [0.1, 0.15) is 5.69 Å². The first-order valence-corrected chi connectivity index (χ1v) is 7.44. The third kappa shape index (κ3) is 2.59.